The minimum absolute atomic E-state index is 0.136. The molecule has 1 aromatic heterocycles. The normalized spacial score (nSPS) is 27.3. The lowest BCUT2D eigenvalue weighted by Gasteiger charge is -2.31. The molecule has 1 aromatic rings. The van der Waals surface area contributed by atoms with Crippen LogP contribution in [0, 0.1) is 5.92 Å². The number of ether oxygens (including phenoxy) is 1. The third-order valence-corrected chi connectivity index (χ3v) is 7.46. The van der Waals surface area contributed by atoms with Gasteiger partial charge in [0.15, 0.2) is 5.03 Å². The molecule has 2 aliphatic rings. The van der Waals surface area contributed by atoms with Gasteiger partial charge in [0.25, 0.3) is 10.0 Å². The number of rotatable bonds is 9. The summed E-state index contributed by atoms with van der Waals surface area (Å²) in [6.45, 7) is 4.94. The first-order valence-corrected chi connectivity index (χ1v) is 11.8. The van der Waals surface area contributed by atoms with Crippen molar-refractivity contribution in [3.63, 3.8) is 0 Å². The van der Waals surface area contributed by atoms with Crippen LogP contribution >= 0.6 is 0 Å². The molecule has 7 nitrogen and oxygen atoms in total. The van der Waals surface area contributed by atoms with E-state index in [-0.39, 0.29) is 23.1 Å². The van der Waals surface area contributed by atoms with Gasteiger partial charge >= 0.3 is 0 Å². The van der Waals surface area contributed by atoms with Crippen molar-refractivity contribution in [3.05, 3.63) is 12.5 Å². The van der Waals surface area contributed by atoms with E-state index < -0.39 is 10.0 Å². The third-order valence-electron chi connectivity index (χ3n) is 5.75. The lowest BCUT2D eigenvalue weighted by Crippen LogP contribution is -2.43. The Balaban J connectivity index is 1.68. The van der Waals surface area contributed by atoms with Crippen molar-refractivity contribution < 1.29 is 13.2 Å². The number of nitrogens with one attached hydrogen (secondary N) is 1. The van der Waals surface area contributed by atoms with Gasteiger partial charge in [0.1, 0.15) is 0 Å². The quantitative estimate of drug-likeness (QED) is 0.645. The molecule has 3 heterocycles. The van der Waals surface area contributed by atoms with E-state index in [1.165, 1.54) is 25.6 Å². The Hall–Kier alpha value is -0.960. The summed E-state index contributed by atoms with van der Waals surface area (Å²) in [5, 5.41) is 3.77. The minimum atomic E-state index is -3.56. The molecule has 0 amide bonds. The zero-order valence-electron chi connectivity index (χ0n) is 16.6. The van der Waals surface area contributed by atoms with Crippen molar-refractivity contribution in [2.75, 3.05) is 26.2 Å². The SMILES string of the molecule is CCCCCCNC1CN(S(=O)(=O)c2cn(C)cn2)CC1C1CCCCO1. The van der Waals surface area contributed by atoms with E-state index in [0.717, 1.165) is 38.8 Å². The minimum Gasteiger partial charge on any atom is -0.378 e. The topological polar surface area (TPSA) is 76.5 Å². The lowest BCUT2D eigenvalue weighted by atomic mass is 9.91. The molecule has 8 heteroatoms. The highest BCUT2D eigenvalue weighted by atomic mass is 32.2. The summed E-state index contributed by atoms with van der Waals surface area (Å²) in [6, 6.07) is 0.146. The Morgan fingerprint density at radius 3 is 2.78 bits per heavy atom. The highest BCUT2D eigenvalue weighted by Crippen LogP contribution is 2.31. The molecule has 2 aliphatic heterocycles. The maximum atomic E-state index is 13.0. The second-order valence-corrected chi connectivity index (χ2v) is 9.77. The van der Waals surface area contributed by atoms with Crippen LogP contribution in [0.1, 0.15) is 51.9 Å². The van der Waals surface area contributed by atoms with Gasteiger partial charge in [0.05, 0.1) is 12.4 Å². The Kier molecular flexibility index (Phi) is 7.30. The molecule has 3 rings (SSSR count). The van der Waals surface area contributed by atoms with Crippen LogP contribution in [0.15, 0.2) is 17.6 Å². The molecule has 1 N–H and O–H groups in total. The number of hydrogen-bond donors (Lipinski definition) is 1. The van der Waals surface area contributed by atoms with Crippen LogP contribution in [0.25, 0.3) is 0 Å². The average Bonchev–Trinajstić information content (AvgIpc) is 3.29. The fourth-order valence-corrected chi connectivity index (χ4v) is 5.65. The molecule has 0 aromatic carbocycles. The number of unbranched alkanes of at least 4 members (excludes halogenated alkanes) is 3. The van der Waals surface area contributed by atoms with Gasteiger partial charge in [-0.1, -0.05) is 26.2 Å². The number of sulfonamides is 1. The molecule has 0 saturated carbocycles. The molecule has 3 atom stereocenters. The van der Waals surface area contributed by atoms with Crippen molar-refractivity contribution in [3.8, 4) is 0 Å². The van der Waals surface area contributed by atoms with Crippen molar-refractivity contribution in [1.29, 1.82) is 0 Å². The molecule has 0 spiro atoms. The molecule has 2 fully saturated rings. The average molecular weight is 399 g/mol. The van der Waals surface area contributed by atoms with E-state index in [2.05, 4.69) is 17.2 Å². The molecule has 2 saturated heterocycles. The molecule has 0 bridgehead atoms. The van der Waals surface area contributed by atoms with Crippen LogP contribution in [-0.2, 0) is 21.8 Å². The van der Waals surface area contributed by atoms with Gasteiger partial charge in [-0.3, -0.25) is 0 Å². The van der Waals surface area contributed by atoms with E-state index >= 15 is 0 Å². The zero-order valence-corrected chi connectivity index (χ0v) is 17.5. The van der Waals surface area contributed by atoms with E-state index in [0.29, 0.717) is 13.1 Å². The monoisotopic (exact) mass is 398 g/mol. The summed E-state index contributed by atoms with van der Waals surface area (Å²) >= 11 is 0. The molecule has 27 heavy (non-hydrogen) atoms. The summed E-state index contributed by atoms with van der Waals surface area (Å²) < 4.78 is 35.3. The molecule has 3 unspecified atom stereocenters. The number of aryl methyl sites for hydroxylation is 1. The molecular weight excluding hydrogens is 364 g/mol. The predicted molar refractivity (Wildman–Crippen MR) is 105 cm³/mol. The Bertz CT molecular complexity index is 685. The van der Waals surface area contributed by atoms with Crippen LogP contribution in [0.4, 0.5) is 0 Å². The summed E-state index contributed by atoms with van der Waals surface area (Å²) in [6.07, 6.45) is 11.4. The van der Waals surface area contributed by atoms with Gasteiger partial charge in [0.2, 0.25) is 0 Å². The third kappa shape index (κ3) is 5.10. The highest BCUT2D eigenvalue weighted by Gasteiger charge is 2.43. The van der Waals surface area contributed by atoms with Gasteiger partial charge in [-0.15, -0.1) is 0 Å². The highest BCUT2D eigenvalue weighted by molar-refractivity contribution is 7.89. The maximum absolute atomic E-state index is 13.0. The van der Waals surface area contributed by atoms with Crippen molar-refractivity contribution in [1.82, 2.24) is 19.2 Å². The summed E-state index contributed by atoms with van der Waals surface area (Å²) in [5.41, 5.74) is 0. The van der Waals surface area contributed by atoms with Crippen LogP contribution < -0.4 is 5.32 Å². The zero-order chi connectivity index (χ0) is 19.3. The molecule has 0 aliphatic carbocycles. The number of nitrogens with zero attached hydrogens (tertiary/aromatic N) is 3. The van der Waals surface area contributed by atoms with Crippen molar-refractivity contribution in [2.24, 2.45) is 13.0 Å². The number of aromatic nitrogens is 2. The second kappa shape index (κ2) is 9.49. The van der Waals surface area contributed by atoms with E-state index in [4.69, 9.17) is 4.74 Å². The first kappa shape index (κ1) is 20.8. The Labute approximate surface area is 163 Å². The first-order chi connectivity index (χ1) is 13.0. The molecular formula is C19H34N4O3S. The van der Waals surface area contributed by atoms with Crippen molar-refractivity contribution >= 4 is 10.0 Å². The predicted octanol–water partition coefficient (Wildman–Crippen LogP) is 2.15. The molecule has 154 valence electrons. The summed E-state index contributed by atoms with van der Waals surface area (Å²) in [4.78, 5) is 4.07. The van der Waals surface area contributed by atoms with Gasteiger partial charge in [-0.25, -0.2) is 13.4 Å². The molecule has 0 radical (unpaired) electrons. The van der Waals surface area contributed by atoms with Crippen LogP contribution in [0.5, 0.6) is 0 Å². The number of imidazole rings is 1. The number of hydrogen-bond acceptors (Lipinski definition) is 5. The maximum Gasteiger partial charge on any atom is 0.262 e. The van der Waals surface area contributed by atoms with Crippen LogP contribution in [-0.4, -0.2) is 60.7 Å². The standard InChI is InChI=1S/C19H34N4O3S/c1-3-4-5-7-10-20-17-13-23(12-16(17)18-9-6-8-11-26-18)27(24,25)19-14-22(2)15-21-19/h14-18,20H,3-13H2,1-2H3. The van der Waals surface area contributed by atoms with E-state index in [1.54, 1.807) is 22.1 Å². The Morgan fingerprint density at radius 1 is 1.26 bits per heavy atom. The van der Waals surface area contributed by atoms with Crippen molar-refractivity contribution in [2.45, 2.75) is 69.0 Å². The fourth-order valence-electron chi connectivity index (χ4n) is 4.18. The van der Waals surface area contributed by atoms with Gasteiger partial charge < -0.3 is 14.6 Å². The second-order valence-electron chi connectivity index (χ2n) is 7.89. The van der Waals surface area contributed by atoms with Gasteiger partial charge in [-0.05, 0) is 32.2 Å². The lowest BCUT2D eigenvalue weighted by molar-refractivity contribution is -0.0227. The fraction of sp³-hybridized carbons (Fsp3) is 0.842. The summed E-state index contributed by atoms with van der Waals surface area (Å²) in [7, 11) is -1.77. The summed E-state index contributed by atoms with van der Waals surface area (Å²) in [5.74, 6) is 0.204. The largest absolute Gasteiger partial charge is 0.378 e. The first-order valence-electron chi connectivity index (χ1n) is 10.4. The Morgan fingerprint density at radius 2 is 2.11 bits per heavy atom. The van der Waals surface area contributed by atoms with E-state index in [1.807, 2.05) is 0 Å². The smallest absolute Gasteiger partial charge is 0.262 e. The van der Waals surface area contributed by atoms with Gasteiger partial charge in [-0.2, -0.15) is 4.31 Å². The van der Waals surface area contributed by atoms with Crippen LogP contribution in [0.3, 0.4) is 0 Å². The van der Waals surface area contributed by atoms with E-state index in [9.17, 15) is 8.42 Å². The van der Waals surface area contributed by atoms with Gasteiger partial charge in [0, 0.05) is 44.9 Å². The van der Waals surface area contributed by atoms with Crippen LogP contribution in [0.2, 0.25) is 0 Å².